The fourth-order valence-electron chi connectivity index (χ4n) is 0.854. The zero-order valence-corrected chi connectivity index (χ0v) is 6.46. The first-order valence-electron chi connectivity index (χ1n) is 3.36. The van der Waals surface area contributed by atoms with E-state index in [1.165, 1.54) is 0 Å². The minimum absolute atomic E-state index is 0.486. The van der Waals surface area contributed by atoms with E-state index in [1.807, 2.05) is 19.1 Å². The van der Waals surface area contributed by atoms with E-state index < -0.39 is 0 Å². The number of imidazole rings is 1. The Labute approximate surface area is 65.6 Å². The van der Waals surface area contributed by atoms with E-state index in [0.717, 1.165) is 11.4 Å². The summed E-state index contributed by atoms with van der Waals surface area (Å²) in [6.45, 7) is 5.54. The molecule has 3 nitrogen and oxygen atoms in total. The minimum atomic E-state index is 0.486. The Kier molecular flexibility index (Phi) is 2.11. The number of aromatic nitrogens is 2. The van der Waals surface area contributed by atoms with Gasteiger partial charge in [0.05, 0.1) is 17.7 Å². The average molecular weight is 149 g/mol. The van der Waals surface area contributed by atoms with Crippen LogP contribution in [0, 0.1) is 0 Å². The minimum Gasteiger partial charge on any atom is -0.397 e. The Hall–Kier alpha value is -1.51. The second kappa shape index (κ2) is 3.05. The smallest absolute Gasteiger partial charge is 0.110 e. The van der Waals surface area contributed by atoms with Crippen molar-refractivity contribution in [2.75, 3.05) is 0 Å². The summed E-state index contributed by atoms with van der Waals surface area (Å²) >= 11 is 0. The lowest BCUT2D eigenvalue weighted by Gasteiger charge is -1.94. The van der Waals surface area contributed by atoms with Crippen LogP contribution in [0.1, 0.15) is 18.3 Å². The van der Waals surface area contributed by atoms with Gasteiger partial charge in [-0.2, -0.15) is 0 Å². The molecule has 1 aromatic rings. The molecule has 0 saturated carbocycles. The van der Waals surface area contributed by atoms with Gasteiger partial charge in [0.1, 0.15) is 5.69 Å². The third-order valence-electron chi connectivity index (χ3n) is 1.31. The number of allylic oxidation sites excluding steroid dienone is 1. The highest BCUT2D eigenvalue weighted by Gasteiger charge is 2.01. The molecule has 58 valence electrons. The summed E-state index contributed by atoms with van der Waals surface area (Å²) in [4.78, 5) is 6.95. The number of nitrogens with one attached hydrogen (secondary N) is 1. The normalized spacial score (nSPS) is 10.6. The molecule has 0 atom stereocenters. The van der Waals surface area contributed by atoms with Crippen LogP contribution in [-0.4, -0.2) is 9.97 Å². The van der Waals surface area contributed by atoms with Crippen molar-refractivity contribution in [3.05, 3.63) is 30.4 Å². The van der Waals surface area contributed by atoms with Gasteiger partial charge in [-0.3, -0.25) is 0 Å². The second-order valence-corrected chi connectivity index (χ2v) is 2.19. The van der Waals surface area contributed by atoms with Gasteiger partial charge in [0.2, 0.25) is 0 Å². The summed E-state index contributed by atoms with van der Waals surface area (Å²) in [5.41, 5.74) is 7.59. The highest BCUT2D eigenvalue weighted by Crippen LogP contribution is 2.09. The topological polar surface area (TPSA) is 54.7 Å². The molecule has 0 saturated heterocycles. The van der Waals surface area contributed by atoms with Crippen molar-refractivity contribution in [2.45, 2.75) is 6.92 Å². The van der Waals surface area contributed by atoms with E-state index >= 15 is 0 Å². The SMILES string of the molecule is C=C(N)c1nc[nH]c1/C=C\C. The Morgan fingerprint density at radius 3 is 3.09 bits per heavy atom. The lowest BCUT2D eigenvalue weighted by atomic mass is 10.2. The van der Waals surface area contributed by atoms with Crippen molar-refractivity contribution >= 4 is 11.8 Å². The van der Waals surface area contributed by atoms with Crippen LogP contribution in [0.2, 0.25) is 0 Å². The maximum Gasteiger partial charge on any atom is 0.110 e. The molecule has 1 aromatic heterocycles. The molecule has 11 heavy (non-hydrogen) atoms. The van der Waals surface area contributed by atoms with Crippen LogP contribution < -0.4 is 5.73 Å². The predicted molar refractivity (Wildman–Crippen MR) is 46.5 cm³/mol. The fourth-order valence-corrected chi connectivity index (χ4v) is 0.854. The molecule has 3 N–H and O–H groups in total. The number of rotatable bonds is 2. The number of hydrogen-bond donors (Lipinski definition) is 2. The molecule has 1 rings (SSSR count). The zero-order valence-electron chi connectivity index (χ0n) is 6.46. The van der Waals surface area contributed by atoms with E-state index in [9.17, 15) is 0 Å². The van der Waals surface area contributed by atoms with Gasteiger partial charge in [-0.25, -0.2) is 4.98 Å². The lowest BCUT2D eigenvalue weighted by molar-refractivity contribution is 1.29. The van der Waals surface area contributed by atoms with Gasteiger partial charge in [-0.05, 0) is 13.0 Å². The third kappa shape index (κ3) is 1.49. The summed E-state index contributed by atoms with van der Waals surface area (Å²) < 4.78 is 0. The largest absolute Gasteiger partial charge is 0.397 e. The number of nitrogens with two attached hydrogens (primary N) is 1. The van der Waals surface area contributed by atoms with E-state index in [4.69, 9.17) is 5.73 Å². The van der Waals surface area contributed by atoms with Crippen LogP contribution in [0.3, 0.4) is 0 Å². The first kappa shape index (κ1) is 7.60. The van der Waals surface area contributed by atoms with Crippen LogP contribution in [0.15, 0.2) is 19.0 Å². The maximum atomic E-state index is 5.48. The highest BCUT2D eigenvalue weighted by atomic mass is 14.9. The summed E-state index contributed by atoms with van der Waals surface area (Å²) in [5.74, 6) is 0. The van der Waals surface area contributed by atoms with Gasteiger partial charge in [0.25, 0.3) is 0 Å². The monoisotopic (exact) mass is 149 g/mol. The molecule has 0 aliphatic carbocycles. The fraction of sp³-hybridized carbons (Fsp3) is 0.125. The summed E-state index contributed by atoms with van der Waals surface area (Å²) in [6, 6.07) is 0. The highest BCUT2D eigenvalue weighted by molar-refractivity contribution is 5.65. The van der Waals surface area contributed by atoms with Crippen LogP contribution in [0.25, 0.3) is 11.8 Å². The van der Waals surface area contributed by atoms with Crippen LogP contribution >= 0.6 is 0 Å². The summed E-state index contributed by atoms with van der Waals surface area (Å²) in [7, 11) is 0. The molecule has 0 aliphatic rings. The molecule has 0 fully saturated rings. The number of H-pyrrole nitrogens is 1. The number of nitrogens with zero attached hydrogens (tertiary/aromatic N) is 1. The van der Waals surface area contributed by atoms with Crippen molar-refractivity contribution in [1.29, 1.82) is 0 Å². The van der Waals surface area contributed by atoms with Gasteiger partial charge in [-0.1, -0.05) is 12.7 Å². The van der Waals surface area contributed by atoms with Crippen molar-refractivity contribution in [1.82, 2.24) is 9.97 Å². The van der Waals surface area contributed by atoms with Crippen molar-refractivity contribution in [3.8, 4) is 0 Å². The third-order valence-corrected chi connectivity index (χ3v) is 1.31. The van der Waals surface area contributed by atoms with Crippen LogP contribution in [0.4, 0.5) is 0 Å². The van der Waals surface area contributed by atoms with Gasteiger partial charge in [0, 0.05) is 0 Å². The molecule has 0 aliphatic heterocycles. The van der Waals surface area contributed by atoms with Gasteiger partial charge in [0.15, 0.2) is 0 Å². The predicted octanol–water partition coefficient (Wildman–Crippen LogP) is 1.37. The Morgan fingerprint density at radius 1 is 1.82 bits per heavy atom. The molecular weight excluding hydrogens is 138 g/mol. The Morgan fingerprint density at radius 2 is 2.55 bits per heavy atom. The van der Waals surface area contributed by atoms with Crippen LogP contribution in [0.5, 0.6) is 0 Å². The molecule has 1 heterocycles. The molecule has 0 amide bonds. The quantitative estimate of drug-likeness (QED) is 0.667. The zero-order chi connectivity index (χ0) is 8.27. The summed E-state index contributed by atoms with van der Waals surface area (Å²) in [5, 5.41) is 0. The second-order valence-electron chi connectivity index (χ2n) is 2.19. The first-order valence-corrected chi connectivity index (χ1v) is 3.36. The Bertz CT molecular complexity index is 283. The van der Waals surface area contributed by atoms with E-state index in [0.29, 0.717) is 5.70 Å². The maximum absolute atomic E-state index is 5.48. The number of hydrogen-bond acceptors (Lipinski definition) is 2. The molecule has 0 unspecified atom stereocenters. The molecular formula is C8H11N3. The van der Waals surface area contributed by atoms with Gasteiger partial charge >= 0.3 is 0 Å². The Balaban J connectivity index is 3.05. The van der Waals surface area contributed by atoms with Crippen molar-refractivity contribution in [2.24, 2.45) is 5.73 Å². The number of aromatic amines is 1. The molecule has 0 aromatic carbocycles. The molecule has 0 bridgehead atoms. The first-order chi connectivity index (χ1) is 5.25. The van der Waals surface area contributed by atoms with E-state index in [2.05, 4.69) is 16.5 Å². The average Bonchev–Trinajstić information content (AvgIpc) is 2.36. The lowest BCUT2D eigenvalue weighted by Crippen LogP contribution is -1.95. The van der Waals surface area contributed by atoms with Gasteiger partial charge in [-0.15, -0.1) is 0 Å². The van der Waals surface area contributed by atoms with Gasteiger partial charge < -0.3 is 10.7 Å². The summed E-state index contributed by atoms with van der Waals surface area (Å²) in [6.07, 6.45) is 5.42. The standard InChI is InChI=1S/C8H11N3/c1-3-4-7-8(6(2)9)11-5-10-7/h3-5H,2,9H2,1H3,(H,10,11)/b4-3-. The van der Waals surface area contributed by atoms with Crippen molar-refractivity contribution < 1.29 is 0 Å². The molecule has 0 radical (unpaired) electrons. The van der Waals surface area contributed by atoms with E-state index in [-0.39, 0.29) is 0 Å². The van der Waals surface area contributed by atoms with Crippen molar-refractivity contribution in [3.63, 3.8) is 0 Å². The molecule has 0 spiro atoms. The van der Waals surface area contributed by atoms with Crippen LogP contribution in [-0.2, 0) is 0 Å². The molecule has 3 heteroatoms. The van der Waals surface area contributed by atoms with E-state index in [1.54, 1.807) is 6.33 Å².